The summed E-state index contributed by atoms with van der Waals surface area (Å²) in [7, 11) is 0. The molecule has 2 aliphatic carbocycles. The van der Waals surface area contributed by atoms with Crippen LogP contribution in [0.25, 0.3) is 0 Å². The normalized spacial score (nSPS) is 25.4. The molecule has 1 aromatic heterocycles. The van der Waals surface area contributed by atoms with Crippen molar-refractivity contribution in [2.75, 3.05) is 0 Å². The Morgan fingerprint density at radius 3 is 2.77 bits per heavy atom. The van der Waals surface area contributed by atoms with E-state index in [-0.39, 0.29) is 0 Å². The van der Waals surface area contributed by atoms with Crippen LogP contribution in [0.4, 0.5) is 0 Å². The molecule has 1 heterocycles. The SMILES string of the molecule is CCCCCCC1CCc2nc(C3CC[C](N)C3)ccc2C1. The Balaban J connectivity index is 1.57. The first-order valence-electron chi connectivity index (χ1n) is 9.35. The van der Waals surface area contributed by atoms with E-state index in [9.17, 15) is 0 Å². The van der Waals surface area contributed by atoms with Gasteiger partial charge in [-0.05, 0) is 56.1 Å². The lowest BCUT2D eigenvalue weighted by Crippen LogP contribution is -2.17. The number of aryl methyl sites for hydroxylation is 1. The van der Waals surface area contributed by atoms with Gasteiger partial charge in [0.25, 0.3) is 0 Å². The van der Waals surface area contributed by atoms with Crippen molar-refractivity contribution in [2.45, 2.75) is 83.5 Å². The van der Waals surface area contributed by atoms with E-state index in [2.05, 4.69) is 19.1 Å². The molecule has 0 bridgehead atoms. The Morgan fingerprint density at radius 1 is 1.09 bits per heavy atom. The van der Waals surface area contributed by atoms with Gasteiger partial charge >= 0.3 is 0 Å². The van der Waals surface area contributed by atoms with Crippen molar-refractivity contribution in [3.05, 3.63) is 35.1 Å². The van der Waals surface area contributed by atoms with Gasteiger partial charge < -0.3 is 5.73 Å². The molecule has 0 aliphatic heterocycles. The van der Waals surface area contributed by atoms with Crippen LogP contribution in [-0.2, 0) is 12.8 Å². The summed E-state index contributed by atoms with van der Waals surface area (Å²) < 4.78 is 0. The fraction of sp³-hybridized carbons (Fsp3) is 0.700. The predicted octanol–water partition coefficient (Wildman–Crippen LogP) is 4.92. The number of aromatic nitrogens is 1. The van der Waals surface area contributed by atoms with E-state index < -0.39 is 0 Å². The van der Waals surface area contributed by atoms with E-state index >= 15 is 0 Å². The zero-order valence-corrected chi connectivity index (χ0v) is 14.1. The van der Waals surface area contributed by atoms with Gasteiger partial charge in [-0.25, -0.2) is 0 Å². The Kier molecular flexibility index (Phi) is 5.51. The average Bonchev–Trinajstić information content (AvgIpc) is 2.97. The minimum Gasteiger partial charge on any atom is -0.324 e. The molecule has 1 saturated carbocycles. The van der Waals surface area contributed by atoms with Gasteiger partial charge in [-0.3, -0.25) is 4.98 Å². The number of nitrogens with two attached hydrogens (primary N) is 1. The summed E-state index contributed by atoms with van der Waals surface area (Å²) in [5.74, 6) is 1.48. The number of rotatable bonds is 6. The molecule has 2 atom stereocenters. The van der Waals surface area contributed by atoms with Crippen molar-refractivity contribution in [3.63, 3.8) is 0 Å². The van der Waals surface area contributed by atoms with Crippen molar-refractivity contribution in [3.8, 4) is 0 Å². The Morgan fingerprint density at radius 2 is 2.00 bits per heavy atom. The molecule has 2 heteroatoms. The van der Waals surface area contributed by atoms with Gasteiger partial charge in [0.1, 0.15) is 0 Å². The molecule has 2 N–H and O–H groups in total. The van der Waals surface area contributed by atoms with Crippen LogP contribution in [0.15, 0.2) is 12.1 Å². The summed E-state index contributed by atoms with van der Waals surface area (Å²) >= 11 is 0. The van der Waals surface area contributed by atoms with Crippen LogP contribution >= 0.6 is 0 Å². The zero-order valence-electron chi connectivity index (χ0n) is 14.1. The van der Waals surface area contributed by atoms with Gasteiger partial charge in [0, 0.05) is 23.3 Å². The van der Waals surface area contributed by atoms with E-state index in [1.807, 2.05) is 0 Å². The number of fused-ring (bicyclic) bond motifs is 1. The lowest BCUT2D eigenvalue weighted by Gasteiger charge is -2.25. The average molecular weight is 299 g/mol. The summed E-state index contributed by atoms with van der Waals surface area (Å²) in [6.07, 6.45) is 14.1. The number of hydrogen-bond donors (Lipinski definition) is 1. The van der Waals surface area contributed by atoms with Crippen LogP contribution in [0.3, 0.4) is 0 Å². The predicted molar refractivity (Wildman–Crippen MR) is 92.5 cm³/mol. The van der Waals surface area contributed by atoms with Crippen molar-refractivity contribution < 1.29 is 0 Å². The van der Waals surface area contributed by atoms with E-state index in [1.165, 1.54) is 74.7 Å². The zero-order chi connectivity index (χ0) is 15.4. The fourth-order valence-electron chi connectivity index (χ4n) is 4.17. The Bertz CT molecular complexity index is 483. The van der Waals surface area contributed by atoms with E-state index in [0.29, 0.717) is 5.92 Å². The van der Waals surface area contributed by atoms with Gasteiger partial charge in [-0.2, -0.15) is 0 Å². The molecular weight excluding hydrogens is 268 g/mol. The fourth-order valence-corrected chi connectivity index (χ4v) is 4.17. The summed E-state index contributed by atoms with van der Waals surface area (Å²) in [6.45, 7) is 2.29. The largest absolute Gasteiger partial charge is 0.324 e. The van der Waals surface area contributed by atoms with Crippen molar-refractivity contribution in [2.24, 2.45) is 11.7 Å². The lowest BCUT2D eigenvalue weighted by molar-refractivity contribution is 0.401. The Labute approximate surface area is 135 Å². The molecule has 22 heavy (non-hydrogen) atoms. The maximum absolute atomic E-state index is 5.98. The van der Waals surface area contributed by atoms with Crippen LogP contribution in [-0.4, -0.2) is 4.98 Å². The first kappa shape index (κ1) is 16.0. The summed E-state index contributed by atoms with van der Waals surface area (Å²) in [6, 6.07) is 5.81. The topological polar surface area (TPSA) is 38.9 Å². The Hall–Kier alpha value is -0.890. The number of pyridine rings is 1. The summed E-state index contributed by atoms with van der Waals surface area (Å²) in [5.41, 5.74) is 10.2. The minimum atomic E-state index is 0.581. The molecule has 0 aromatic carbocycles. The van der Waals surface area contributed by atoms with E-state index in [1.54, 1.807) is 0 Å². The van der Waals surface area contributed by atoms with Crippen LogP contribution < -0.4 is 5.73 Å². The molecule has 3 rings (SSSR count). The second kappa shape index (κ2) is 7.59. The molecule has 2 aliphatic rings. The molecule has 0 spiro atoms. The van der Waals surface area contributed by atoms with Crippen LogP contribution in [0.2, 0.25) is 0 Å². The second-order valence-corrected chi connectivity index (χ2v) is 7.40. The maximum atomic E-state index is 5.98. The van der Waals surface area contributed by atoms with Gasteiger partial charge in [0.15, 0.2) is 0 Å². The van der Waals surface area contributed by atoms with Gasteiger partial charge in [0.2, 0.25) is 0 Å². The van der Waals surface area contributed by atoms with Crippen molar-refractivity contribution >= 4 is 0 Å². The third-order valence-corrected chi connectivity index (χ3v) is 5.59. The molecule has 0 saturated heterocycles. The highest BCUT2D eigenvalue weighted by atomic mass is 14.7. The lowest BCUT2D eigenvalue weighted by atomic mass is 9.83. The van der Waals surface area contributed by atoms with Crippen LogP contribution in [0, 0.1) is 12.0 Å². The first-order valence-corrected chi connectivity index (χ1v) is 9.35. The van der Waals surface area contributed by atoms with Crippen molar-refractivity contribution in [1.82, 2.24) is 4.98 Å². The summed E-state index contributed by atoms with van der Waals surface area (Å²) in [5, 5.41) is 0. The van der Waals surface area contributed by atoms with Gasteiger partial charge in [0.05, 0.1) is 0 Å². The maximum Gasteiger partial charge on any atom is 0.0439 e. The number of nitrogens with zero attached hydrogens (tertiary/aromatic N) is 1. The van der Waals surface area contributed by atoms with Crippen LogP contribution in [0.1, 0.15) is 87.6 Å². The van der Waals surface area contributed by atoms with Crippen molar-refractivity contribution in [1.29, 1.82) is 0 Å². The van der Waals surface area contributed by atoms with Gasteiger partial charge in [-0.1, -0.05) is 45.1 Å². The molecule has 0 amide bonds. The number of unbranched alkanes of at least 4 members (excludes halogenated alkanes) is 3. The highest BCUT2D eigenvalue weighted by molar-refractivity contribution is 5.28. The van der Waals surface area contributed by atoms with E-state index in [0.717, 1.165) is 24.8 Å². The highest BCUT2D eigenvalue weighted by Crippen LogP contribution is 2.37. The summed E-state index contributed by atoms with van der Waals surface area (Å²) in [4.78, 5) is 5.00. The molecule has 1 fully saturated rings. The molecular formula is C20H31N2. The van der Waals surface area contributed by atoms with E-state index in [4.69, 9.17) is 10.7 Å². The monoisotopic (exact) mass is 299 g/mol. The first-order chi connectivity index (χ1) is 10.8. The quantitative estimate of drug-likeness (QED) is 0.758. The molecule has 1 aromatic rings. The number of hydrogen-bond acceptors (Lipinski definition) is 2. The third-order valence-electron chi connectivity index (χ3n) is 5.59. The standard InChI is InChI=1S/C20H31N2/c1-2-3-4-5-6-15-7-11-19-16(13-15)9-12-20(22-19)17-8-10-18(21)14-17/h9,12,15,17H,2-8,10-11,13-14,21H2,1H3. The third kappa shape index (κ3) is 3.90. The molecule has 121 valence electrons. The van der Waals surface area contributed by atoms with Crippen LogP contribution in [0.5, 0.6) is 0 Å². The molecule has 1 radical (unpaired) electrons. The smallest absolute Gasteiger partial charge is 0.0439 e. The second-order valence-electron chi connectivity index (χ2n) is 7.40. The highest BCUT2D eigenvalue weighted by Gasteiger charge is 2.26. The molecule has 2 unspecified atom stereocenters. The minimum absolute atomic E-state index is 0.581. The molecule has 2 nitrogen and oxygen atoms in total. The van der Waals surface area contributed by atoms with Gasteiger partial charge in [-0.15, -0.1) is 0 Å².